The van der Waals surface area contributed by atoms with Gasteiger partial charge >= 0.3 is 6.18 Å². The second kappa shape index (κ2) is 8.78. The van der Waals surface area contributed by atoms with Crippen LogP contribution >= 0.6 is 11.3 Å². The number of amides is 1. The average Bonchev–Trinajstić information content (AvgIpc) is 3.19. The second-order valence-corrected chi connectivity index (χ2v) is 8.64. The predicted octanol–water partition coefficient (Wildman–Crippen LogP) is 5.48. The number of rotatable bonds is 4. The van der Waals surface area contributed by atoms with E-state index in [0.717, 1.165) is 54.2 Å². The van der Waals surface area contributed by atoms with E-state index in [0.29, 0.717) is 17.8 Å². The molecule has 1 aliphatic heterocycles. The Kier molecular flexibility index (Phi) is 6.09. The van der Waals surface area contributed by atoms with Crippen molar-refractivity contribution in [3.05, 3.63) is 81.1 Å². The van der Waals surface area contributed by atoms with Crippen molar-refractivity contribution in [3.63, 3.8) is 0 Å². The summed E-state index contributed by atoms with van der Waals surface area (Å²) in [6.07, 6.45) is -2.03. The first kappa shape index (κ1) is 21.5. The smallest absolute Gasteiger partial charge is 0.337 e. The van der Waals surface area contributed by atoms with Crippen LogP contribution in [-0.2, 0) is 12.6 Å². The van der Waals surface area contributed by atoms with Gasteiger partial charge in [0.25, 0.3) is 5.91 Å². The molecule has 1 atom stereocenters. The van der Waals surface area contributed by atoms with Gasteiger partial charge in [0, 0.05) is 36.8 Å². The molecule has 0 aliphatic carbocycles. The van der Waals surface area contributed by atoms with Crippen molar-refractivity contribution in [1.29, 1.82) is 0 Å². The minimum absolute atomic E-state index is 0.0191. The first-order valence-corrected chi connectivity index (χ1v) is 11.0. The molecular formula is C23H22F3N3OS. The van der Waals surface area contributed by atoms with Crippen molar-refractivity contribution in [2.24, 2.45) is 0 Å². The maximum atomic E-state index is 12.9. The van der Waals surface area contributed by atoms with E-state index < -0.39 is 11.7 Å². The average molecular weight is 446 g/mol. The van der Waals surface area contributed by atoms with Crippen molar-refractivity contribution < 1.29 is 18.0 Å². The molecule has 8 heteroatoms. The number of nitrogens with zero attached hydrogens (tertiary/aromatic N) is 3. The highest BCUT2D eigenvalue weighted by molar-refractivity contribution is 7.11. The summed E-state index contributed by atoms with van der Waals surface area (Å²) in [5.74, 6) is 0.157. The molecule has 1 aliphatic rings. The number of thiazole rings is 1. The summed E-state index contributed by atoms with van der Waals surface area (Å²) in [4.78, 5) is 24.4. The van der Waals surface area contributed by atoms with Crippen LogP contribution in [0.1, 0.15) is 56.6 Å². The van der Waals surface area contributed by atoms with Crippen LogP contribution < -0.4 is 0 Å². The normalized spacial score (nSPS) is 17.0. The largest absolute Gasteiger partial charge is 0.416 e. The van der Waals surface area contributed by atoms with Gasteiger partial charge in [-0.15, -0.1) is 11.3 Å². The summed E-state index contributed by atoms with van der Waals surface area (Å²) in [5.41, 5.74) is 4.30. The number of likely N-dealkylation sites (tertiary alicyclic amines) is 1. The van der Waals surface area contributed by atoms with Gasteiger partial charge in [-0.25, -0.2) is 4.98 Å². The van der Waals surface area contributed by atoms with Crippen molar-refractivity contribution in [3.8, 4) is 0 Å². The SMILES string of the molecule is Cc1ncsc1C(=O)N1CCC[C@H](c2cccc(Cc3ccc(C(F)(F)F)cc3)n2)C1. The van der Waals surface area contributed by atoms with Gasteiger partial charge < -0.3 is 4.90 Å². The van der Waals surface area contributed by atoms with Crippen LogP contribution in [0.3, 0.4) is 0 Å². The molecular weight excluding hydrogens is 423 g/mol. The summed E-state index contributed by atoms with van der Waals surface area (Å²) >= 11 is 1.37. The number of carbonyl (C=O) groups is 1. The van der Waals surface area contributed by atoms with E-state index in [1.807, 2.05) is 30.0 Å². The standard InChI is InChI=1S/C23H22F3N3OS/c1-15-21(31-14-27-15)22(30)29-11-3-4-17(13-29)20-6-2-5-19(28-20)12-16-7-9-18(10-8-16)23(24,25)26/h2,5-10,14,17H,3-4,11-13H2,1H3/t17-/m0/s1. The van der Waals surface area contributed by atoms with Gasteiger partial charge in [0.1, 0.15) is 4.88 Å². The first-order valence-electron chi connectivity index (χ1n) is 10.1. The number of aryl methyl sites for hydroxylation is 1. The summed E-state index contributed by atoms with van der Waals surface area (Å²) < 4.78 is 38.3. The van der Waals surface area contributed by atoms with Crippen molar-refractivity contribution in [1.82, 2.24) is 14.9 Å². The molecule has 4 nitrogen and oxygen atoms in total. The fraction of sp³-hybridized carbons (Fsp3) is 0.348. The zero-order valence-electron chi connectivity index (χ0n) is 17.0. The van der Waals surface area contributed by atoms with E-state index in [-0.39, 0.29) is 11.8 Å². The number of alkyl halides is 3. The van der Waals surface area contributed by atoms with E-state index in [2.05, 4.69) is 4.98 Å². The quantitative estimate of drug-likeness (QED) is 0.535. The van der Waals surface area contributed by atoms with Gasteiger partial charge in [-0.05, 0) is 49.6 Å². The maximum Gasteiger partial charge on any atom is 0.416 e. The lowest BCUT2D eigenvalue weighted by molar-refractivity contribution is -0.137. The number of hydrogen-bond donors (Lipinski definition) is 0. The molecule has 0 spiro atoms. The fourth-order valence-corrected chi connectivity index (χ4v) is 4.67. The summed E-state index contributed by atoms with van der Waals surface area (Å²) in [7, 11) is 0. The van der Waals surface area contributed by atoms with Crippen LogP contribution in [0.4, 0.5) is 13.2 Å². The van der Waals surface area contributed by atoms with Crippen molar-refractivity contribution in [2.75, 3.05) is 13.1 Å². The molecule has 162 valence electrons. The molecule has 3 heterocycles. The fourth-order valence-electron chi connectivity index (χ4n) is 3.90. The Balaban J connectivity index is 1.46. The molecule has 1 amide bonds. The van der Waals surface area contributed by atoms with Crippen LogP contribution in [0.25, 0.3) is 0 Å². The molecule has 3 aromatic rings. The highest BCUT2D eigenvalue weighted by atomic mass is 32.1. The van der Waals surface area contributed by atoms with E-state index in [4.69, 9.17) is 4.98 Å². The Bertz CT molecular complexity index is 1060. The van der Waals surface area contributed by atoms with E-state index in [9.17, 15) is 18.0 Å². The highest BCUT2D eigenvalue weighted by Gasteiger charge is 2.30. The number of piperidine rings is 1. The second-order valence-electron chi connectivity index (χ2n) is 7.78. The van der Waals surface area contributed by atoms with E-state index in [1.54, 1.807) is 5.51 Å². The molecule has 0 radical (unpaired) electrons. The maximum absolute atomic E-state index is 12.9. The van der Waals surface area contributed by atoms with Gasteiger partial charge in [-0.2, -0.15) is 13.2 Å². The third-order valence-corrected chi connectivity index (χ3v) is 6.48. The summed E-state index contributed by atoms with van der Waals surface area (Å²) in [5, 5.41) is 0. The molecule has 4 rings (SSSR count). The molecule has 2 aromatic heterocycles. The number of halogens is 3. The third-order valence-electron chi connectivity index (χ3n) is 5.56. The number of pyridine rings is 1. The van der Waals surface area contributed by atoms with Crippen molar-refractivity contribution in [2.45, 2.75) is 38.3 Å². The molecule has 0 N–H and O–H groups in total. The van der Waals surface area contributed by atoms with Gasteiger partial charge in [0.15, 0.2) is 0 Å². The highest BCUT2D eigenvalue weighted by Crippen LogP contribution is 2.30. The van der Waals surface area contributed by atoms with Gasteiger partial charge in [-0.3, -0.25) is 9.78 Å². The predicted molar refractivity (Wildman–Crippen MR) is 113 cm³/mol. The number of benzene rings is 1. The lowest BCUT2D eigenvalue weighted by Gasteiger charge is -2.32. The molecule has 31 heavy (non-hydrogen) atoms. The molecule has 1 saturated heterocycles. The van der Waals surface area contributed by atoms with Crippen LogP contribution in [0.2, 0.25) is 0 Å². The number of aromatic nitrogens is 2. The topological polar surface area (TPSA) is 46.1 Å². The third kappa shape index (κ3) is 4.95. The van der Waals surface area contributed by atoms with E-state index in [1.165, 1.54) is 23.5 Å². The Morgan fingerprint density at radius 3 is 2.65 bits per heavy atom. The minimum atomic E-state index is -4.33. The lowest BCUT2D eigenvalue weighted by atomic mass is 9.93. The van der Waals surface area contributed by atoms with Crippen LogP contribution in [0.15, 0.2) is 48.0 Å². The zero-order chi connectivity index (χ0) is 22.0. The molecule has 1 aromatic carbocycles. The Morgan fingerprint density at radius 2 is 1.97 bits per heavy atom. The van der Waals surface area contributed by atoms with Crippen molar-refractivity contribution >= 4 is 17.2 Å². The van der Waals surface area contributed by atoms with Crippen LogP contribution in [0.5, 0.6) is 0 Å². The monoisotopic (exact) mass is 445 g/mol. The minimum Gasteiger partial charge on any atom is -0.337 e. The Labute approximate surface area is 182 Å². The lowest BCUT2D eigenvalue weighted by Crippen LogP contribution is -2.39. The van der Waals surface area contributed by atoms with Gasteiger partial charge in [-0.1, -0.05) is 18.2 Å². The molecule has 0 bridgehead atoms. The van der Waals surface area contributed by atoms with Crippen LogP contribution in [-0.4, -0.2) is 33.9 Å². The first-order chi connectivity index (χ1) is 14.8. The van der Waals surface area contributed by atoms with Crippen LogP contribution in [0, 0.1) is 6.92 Å². The zero-order valence-corrected chi connectivity index (χ0v) is 17.8. The Morgan fingerprint density at radius 1 is 1.19 bits per heavy atom. The van der Waals surface area contributed by atoms with Gasteiger partial charge in [0.05, 0.1) is 16.8 Å². The molecule has 0 saturated carbocycles. The van der Waals surface area contributed by atoms with E-state index >= 15 is 0 Å². The number of hydrogen-bond acceptors (Lipinski definition) is 4. The van der Waals surface area contributed by atoms with Gasteiger partial charge in [0.2, 0.25) is 0 Å². The number of carbonyl (C=O) groups excluding carboxylic acids is 1. The summed E-state index contributed by atoms with van der Waals surface area (Å²) in [6.45, 7) is 3.17. The molecule has 1 fully saturated rings. The Hall–Kier alpha value is -2.74. The molecule has 0 unspecified atom stereocenters. The summed E-state index contributed by atoms with van der Waals surface area (Å²) in [6, 6.07) is 11.0.